The monoisotopic (exact) mass is 165 g/mol. The van der Waals surface area contributed by atoms with E-state index in [1.807, 2.05) is 6.07 Å². The van der Waals surface area contributed by atoms with Crippen molar-refractivity contribution in [3.05, 3.63) is 18.5 Å². The number of hydrogen-bond acceptors (Lipinski definition) is 3. The van der Waals surface area contributed by atoms with E-state index in [0.717, 1.165) is 18.6 Å². The SMILES string of the molecule is COc1cnccc1OC1CC1. The van der Waals surface area contributed by atoms with E-state index < -0.39 is 0 Å². The molecular formula is C9H11NO2. The van der Waals surface area contributed by atoms with E-state index in [9.17, 15) is 0 Å². The first-order valence-corrected chi connectivity index (χ1v) is 4.05. The van der Waals surface area contributed by atoms with E-state index in [1.165, 1.54) is 0 Å². The molecule has 1 fully saturated rings. The Morgan fingerprint density at radius 3 is 2.92 bits per heavy atom. The molecule has 1 aliphatic carbocycles. The molecule has 1 aliphatic rings. The molecule has 0 aromatic carbocycles. The molecule has 0 amide bonds. The van der Waals surface area contributed by atoms with Gasteiger partial charge in [-0.3, -0.25) is 4.98 Å². The molecule has 0 N–H and O–H groups in total. The average molecular weight is 165 g/mol. The van der Waals surface area contributed by atoms with E-state index in [0.29, 0.717) is 11.9 Å². The van der Waals surface area contributed by atoms with Crippen LogP contribution in [0.4, 0.5) is 0 Å². The molecule has 3 nitrogen and oxygen atoms in total. The molecule has 0 atom stereocenters. The number of methoxy groups -OCH3 is 1. The molecule has 0 unspecified atom stereocenters. The van der Waals surface area contributed by atoms with Gasteiger partial charge in [0.15, 0.2) is 11.5 Å². The van der Waals surface area contributed by atoms with Crippen molar-refractivity contribution in [2.75, 3.05) is 7.11 Å². The number of rotatable bonds is 3. The quantitative estimate of drug-likeness (QED) is 0.682. The van der Waals surface area contributed by atoms with E-state index in [2.05, 4.69) is 4.98 Å². The fourth-order valence-electron chi connectivity index (χ4n) is 0.983. The highest BCUT2D eigenvalue weighted by Gasteiger charge is 2.24. The van der Waals surface area contributed by atoms with Crippen LogP contribution < -0.4 is 9.47 Å². The topological polar surface area (TPSA) is 31.4 Å². The van der Waals surface area contributed by atoms with Gasteiger partial charge in [-0.15, -0.1) is 0 Å². The number of aromatic nitrogens is 1. The summed E-state index contributed by atoms with van der Waals surface area (Å²) in [5.41, 5.74) is 0. The summed E-state index contributed by atoms with van der Waals surface area (Å²) in [5, 5.41) is 0. The molecule has 1 saturated carbocycles. The van der Waals surface area contributed by atoms with E-state index in [-0.39, 0.29) is 0 Å². The van der Waals surface area contributed by atoms with Crippen LogP contribution in [-0.2, 0) is 0 Å². The fourth-order valence-corrected chi connectivity index (χ4v) is 0.983. The lowest BCUT2D eigenvalue weighted by Crippen LogP contribution is -1.98. The van der Waals surface area contributed by atoms with Gasteiger partial charge in [-0.05, 0) is 12.8 Å². The van der Waals surface area contributed by atoms with Crippen LogP contribution >= 0.6 is 0 Å². The maximum atomic E-state index is 5.58. The predicted molar refractivity (Wildman–Crippen MR) is 44.4 cm³/mol. The van der Waals surface area contributed by atoms with Crippen LogP contribution in [0, 0.1) is 0 Å². The summed E-state index contributed by atoms with van der Waals surface area (Å²) < 4.78 is 10.7. The number of nitrogens with zero attached hydrogens (tertiary/aromatic N) is 1. The Kier molecular flexibility index (Phi) is 1.86. The Morgan fingerprint density at radius 1 is 1.42 bits per heavy atom. The van der Waals surface area contributed by atoms with Crippen LogP contribution in [0.5, 0.6) is 11.5 Å². The zero-order valence-electron chi connectivity index (χ0n) is 6.99. The van der Waals surface area contributed by atoms with Crippen LogP contribution in [0.3, 0.4) is 0 Å². The van der Waals surface area contributed by atoms with Gasteiger partial charge < -0.3 is 9.47 Å². The van der Waals surface area contributed by atoms with Crippen LogP contribution in [0.2, 0.25) is 0 Å². The number of pyridine rings is 1. The van der Waals surface area contributed by atoms with Crippen molar-refractivity contribution >= 4 is 0 Å². The van der Waals surface area contributed by atoms with Crippen molar-refractivity contribution in [1.82, 2.24) is 4.98 Å². The molecule has 0 radical (unpaired) electrons. The first kappa shape index (κ1) is 7.40. The minimum absolute atomic E-state index is 0.404. The Labute approximate surface area is 71.3 Å². The van der Waals surface area contributed by atoms with Gasteiger partial charge in [-0.1, -0.05) is 0 Å². The van der Waals surface area contributed by atoms with Gasteiger partial charge in [0.05, 0.1) is 19.4 Å². The second kappa shape index (κ2) is 3.01. The Hall–Kier alpha value is -1.25. The summed E-state index contributed by atoms with van der Waals surface area (Å²) in [7, 11) is 1.62. The van der Waals surface area contributed by atoms with Crippen molar-refractivity contribution in [1.29, 1.82) is 0 Å². The smallest absolute Gasteiger partial charge is 0.179 e. The molecule has 12 heavy (non-hydrogen) atoms. The maximum Gasteiger partial charge on any atom is 0.179 e. The third-order valence-electron chi connectivity index (χ3n) is 1.78. The zero-order chi connectivity index (χ0) is 8.39. The van der Waals surface area contributed by atoms with E-state index in [4.69, 9.17) is 9.47 Å². The minimum atomic E-state index is 0.404. The maximum absolute atomic E-state index is 5.58. The standard InChI is InChI=1S/C9H11NO2/c1-11-9-6-10-5-4-8(9)12-7-2-3-7/h4-7H,2-3H2,1H3. The molecule has 1 aromatic heterocycles. The van der Waals surface area contributed by atoms with Gasteiger partial charge in [0.25, 0.3) is 0 Å². The molecule has 3 heteroatoms. The highest BCUT2D eigenvalue weighted by Crippen LogP contribution is 2.32. The lowest BCUT2D eigenvalue weighted by atomic mass is 10.4. The van der Waals surface area contributed by atoms with Crippen molar-refractivity contribution in [3.8, 4) is 11.5 Å². The second-order valence-corrected chi connectivity index (χ2v) is 2.84. The van der Waals surface area contributed by atoms with Crippen LogP contribution in [-0.4, -0.2) is 18.2 Å². The third-order valence-corrected chi connectivity index (χ3v) is 1.78. The van der Waals surface area contributed by atoms with E-state index >= 15 is 0 Å². The largest absolute Gasteiger partial charge is 0.491 e. The van der Waals surface area contributed by atoms with Gasteiger partial charge in [-0.25, -0.2) is 0 Å². The van der Waals surface area contributed by atoms with Gasteiger partial charge >= 0.3 is 0 Å². The molecule has 0 spiro atoms. The molecule has 0 bridgehead atoms. The summed E-state index contributed by atoms with van der Waals surface area (Å²) in [6.45, 7) is 0. The summed E-state index contributed by atoms with van der Waals surface area (Å²) in [4.78, 5) is 3.94. The Morgan fingerprint density at radius 2 is 2.25 bits per heavy atom. The predicted octanol–water partition coefficient (Wildman–Crippen LogP) is 1.63. The lowest BCUT2D eigenvalue weighted by Gasteiger charge is -2.07. The highest BCUT2D eigenvalue weighted by molar-refractivity contribution is 5.36. The molecule has 1 heterocycles. The molecule has 0 saturated heterocycles. The summed E-state index contributed by atoms with van der Waals surface area (Å²) in [5.74, 6) is 1.51. The van der Waals surface area contributed by atoms with Crippen molar-refractivity contribution in [2.45, 2.75) is 18.9 Å². The summed E-state index contributed by atoms with van der Waals surface area (Å²) in [6, 6.07) is 1.83. The van der Waals surface area contributed by atoms with Crippen molar-refractivity contribution in [3.63, 3.8) is 0 Å². The average Bonchev–Trinajstić information content (AvgIpc) is 2.89. The van der Waals surface area contributed by atoms with Gasteiger partial charge in [0.1, 0.15) is 0 Å². The first-order chi connectivity index (χ1) is 5.90. The van der Waals surface area contributed by atoms with Crippen molar-refractivity contribution in [2.24, 2.45) is 0 Å². The Bertz CT molecular complexity index is 271. The fraction of sp³-hybridized carbons (Fsp3) is 0.444. The lowest BCUT2D eigenvalue weighted by molar-refractivity contribution is 0.281. The van der Waals surface area contributed by atoms with Crippen LogP contribution in [0.15, 0.2) is 18.5 Å². The van der Waals surface area contributed by atoms with Gasteiger partial charge in [0, 0.05) is 12.3 Å². The molecule has 2 rings (SSSR count). The van der Waals surface area contributed by atoms with Gasteiger partial charge in [0.2, 0.25) is 0 Å². The Balaban J connectivity index is 2.15. The summed E-state index contributed by atoms with van der Waals surface area (Å²) >= 11 is 0. The normalized spacial score (nSPS) is 15.8. The first-order valence-electron chi connectivity index (χ1n) is 4.05. The third kappa shape index (κ3) is 1.49. The number of ether oxygens (including phenoxy) is 2. The molecular weight excluding hydrogens is 154 g/mol. The molecule has 0 aliphatic heterocycles. The minimum Gasteiger partial charge on any atom is -0.491 e. The number of hydrogen-bond donors (Lipinski definition) is 0. The van der Waals surface area contributed by atoms with Crippen molar-refractivity contribution < 1.29 is 9.47 Å². The zero-order valence-corrected chi connectivity index (χ0v) is 6.99. The second-order valence-electron chi connectivity index (χ2n) is 2.84. The van der Waals surface area contributed by atoms with Gasteiger partial charge in [-0.2, -0.15) is 0 Å². The molecule has 1 aromatic rings. The van der Waals surface area contributed by atoms with E-state index in [1.54, 1.807) is 19.5 Å². The summed E-state index contributed by atoms with van der Waals surface area (Å²) in [6.07, 6.45) is 6.09. The van der Waals surface area contributed by atoms with Crippen LogP contribution in [0.1, 0.15) is 12.8 Å². The highest BCUT2D eigenvalue weighted by atomic mass is 16.5. The van der Waals surface area contributed by atoms with Crippen LogP contribution in [0.25, 0.3) is 0 Å². The molecule has 64 valence electrons.